The van der Waals surface area contributed by atoms with Crippen LogP contribution in [0.1, 0.15) is 17.3 Å². The van der Waals surface area contributed by atoms with Crippen molar-refractivity contribution in [1.29, 1.82) is 0 Å². The Morgan fingerprint density at radius 2 is 1.95 bits per heavy atom. The van der Waals surface area contributed by atoms with E-state index in [0.29, 0.717) is 31.1 Å². The monoisotopic (exact) mass is 277 g/mol. The van der Waals surface area contributed by atoms with Crippen molar-refractivity contribution < 1.29 is 9.90 Å². The van der Waals surface area contributed by atoms with Crippen LogP contribution in [0.3, 0.4) is 0 Å². The van der Waals surface area contributed by atoms with E-state index in [1.54, 1.807) is 29.2 Å². The third kappa shape index (κ3) is 3.49. The van der Waals surface area contributed by atoms with Crippen LogP contribution in [0, 0.1) is 5.92 Å². The van der Waals surface area contributed by atoms with E-state index in [0.717, 1.165) is 19.6 Å². The molecule has 0 aromatic heterocycles. The van der Waals surface area contributed by atoms with Gasteiger partial charge in [-0.2, -0.15) is 0 Å². The minimum absolute atomic E-state index is 0.0525. The Labute approximate surface area is 120 Å². The van der Waals surface area contributed by atoms with E-state index in [4.69, 9.17) is 5.73 Å². The first-order chi connectivity index (χ1) is 9.61. The summed E-state index contributed by atoms with van der Waals surface area (Å²) < 4.78 is 0. The van der Waals surface area contributed by atoms with Crippen LogP contribution in [0.2, 0.25) is 0 Å². The van der Waals surface area contributed by atoms with Crippen molar-refractivity contribution in [1.82, 2.24) is 9.80 Å². The van der Waals surface area contributed by atoms with Crippen LogP contribution < -0.4 is 5.73 Å². The molecule has 1 atom stereocenters. The first kappa shape index (κ1) is 14.8. The summed E-state index contributed by atoms with van der Waals surface area (Å²) in [6, 6.07) is 6.71. The number of phenols is 1. The Hall–Kier alpha value is -1.59. The van der Waals surface area contributed by atoms with E-state index in [1.807, 2.05) is 0 Å². The summed E-state index contributed by atoms with van der Waals surface area (Å²) in [5.41, 5.74) is 6.02. The topological polar surface area (TPSA) is 69.8 Å². The summed E-state index contributed by atoms with van der Waals surface area (Å²) in [7, 11) is 0. The summed E-state index contributed by atoms with van der Waals surface area (Å²) in [6.45, 7) is 6.94. The maximum Gasteiger partial charge on any atom is 0.257 e. The summed E-state index contributed by atoms with van der Waals surface area (Å²) in [5.74, 6) is 0.446. The summed E-state index contributed by atoms with van der Waals surface area (Å²) >= 11 is 0. The number of hydrogen-bond acceptors (Lipinski definition) is 4. The number of hydrogen-bond donors (Lipinski definition) is 2. The van der Waals surface area contributed by atoms with Crippen LogP contribution in [-0.2, 0) is 0 Å². The average molecular weight is 277 g/mol. The minimum atomic E-state index is -0.0883. The van der Waals surface area contributed by atoms with Gasteiger partial charge in [0.05, 0.1) is 5.56 Å². The molecule has 1 aliphatic rings. The summed E-state index contributed by atoms with van der Waals surface area (Å²) in [4.78, 5) is 16.5. The molecule has 110 valence electrons. The summed E-state index contributed by atoms with van der Waals surface area (Å²) in [5, 5.41) is 9.74. The van der Waals surface area contributed by atoms with Gasteiger partial charge in [-0.25, -0.2) is 0 Å². The van der Waals surface area contributed by atoms with E-state index in [2.05, 4.69) is 11.8 Å². The zero-order valence-corrected chi connectivity index (χ0v) is 12.0. The molecule has 1 heterocycles. The first-order valence-electron chi connectivity index (χ1n) is 7.11. The zero-order chi connectivity index (χ0) is 14.5. The molecule has 1 fully saturated rings. The third-order valence-corrected chi connectivity index (χ3v) is 3.77. The molecule has 0 aliphatic carbocycles. The summed E-state index contributed by atoms with van der Waals surface area (Å²) in [6.07, 6.45) is 0. The molecular weight excluding hydrogens is 254 g/mol. The zero-order valence-electron chi connectivity index (χ0n) is 12.0. The molecule has 1 amide bonds. The van der Waals surface area contributed by atoms with Gasteiger partial charge in [0.2, 0.25) is 0 Å². The Kier molecular flexibility index (Phi) is 4.98. The highest BCUT2D eigenvalue weighted by molar-refractivity contribution is 5.96. The molecule has 5 nitrogen and oxygen atoms in total. The van der Waals surface area contributed by atoms with Crippen molar-refractivity contribution in [2.75, 3.05) is 39.3 Å². The molecule has 2 rings (SSSR count). The van der Waals surface area contributed by atoms with Crippen molar-refractivity contribution in [3.63, 3.8) is 0 Å². The lowest BCUT2D eigenvalue weighted by Crippen LogP contribution is -2.50. The Balaban J connectivity index is 1.91. The minimum Gasteiger partial charge on any atom is -0.507 e. The molecule has 1 unspecified atom stereocenters. The lowest BCUT2D eigenvalue weighted by molar-refractivity contribution is 0.0619. The fourth-order valence-corrected chi connectivity index (χ4v) is 2.47. The molecule has 5 heteroatoms. The number of para-hydroxylation sites is 1. The fraction of sp³-hybridized carbons (Fsp3) is 0.533. The van der Waals surface area contributed by atoms with Gasteiger partial charge in [-0.3, -0.25) is 9.69 Å². The predicted octanol–water partition coefficient (Wildman–Crippen LogP) is 0.745. The molecule has 0 spiro atoms. The van der Waals surface area contributed by atoms with Gasteiger partial charge in [-0.1, -0.05) is 19.1 Å². The number of carbonyl (C=O) groups is 1. The number of carbonyl (C=O) groups excluding carboxylic acids is 1. The van der Waals surface area contributed by atoms with Crippen molar-refractivity contribution in [2.45, 2.75) is 6.92 Å². The van der Waals surface area contributed by atoms with Gasteiger partial charge in [0.1, 0.15) is 5.75 Å². The van der Waals surface area contributed by atoms with Crippen LogP contribution in [0.15, 0.2) is 24.3 Å². The average Bonchev–Trinajstić information content (AvgIpc) is 2.47. The second-order valence-electron chi connectivity index (χ2n) is 5.45. The van der Waals surface area contributed by atoms with E-state index >= 15 is 0 Å². The maximum absolute atomic E-state index is 12.3. The Morgan fingerprint density at radius 1 is 1.30 bits per heavy atom. The predicted molar refractivity (Wildman–Crippen MR) is 78.7 cm³/mol. The number of piperazine rings is 1. The van der Waals surface area contributed by atoms with Gasteiger partial charge >= 0.3 is 0 Å². The molecule has 1 aromatic rings. The van der Waals surface area contributed by atoms with Gasteiger partial charge in [-0.15, -0.1) is 0 Å². The molecule has 1 aliphatic heterocycles. The number of phenolic OH excluding ortho intramolecular Hbond substituents is 1. The lowest BCUT2D eigenvalue weighted by atomic mass is 10.1. The van der Waals surface area contributed by atoms with E-state index in [9.17, 15) is 9.90 Å². The number of rotatable bonds is 4. The number of nitrogens with two attached hydrogens (primary N) is 1. The van der Waals surface area contributed by atoms with Crippen molar-refractivity contribution in [3.8, 4) is 5.75 Å². The fourth-order valence-electron chi connectivity index (χ4n) is 2.47. The number of amides is 1. The van der Waals surface area contributed by atoms with Gasteiger partial charge in [0.25, 0.3) is 5.91 Å². The molecule has 1 saturated heterocycles. The van der Waals surface area contributed by atoms with Crippen LogP contribution in [0.4, 0.5) is 0 Å². The van der Waals surface area contributed by atoms with Gasteiger partial charge in [0, 0.05) is 32.7 Å². The molecular formula is C15H23N3O2. The van der Waals surface area contributed by atoms with E-state index in [1.165, 1.54) is 0 Å². The smallest absolute Gasteiger partial charge is 0.257 e. The molecule has 0 radical (unpaired) electrons. The quantitative estimate of drug-likeness (QED) is 0.852. The van der Waals surface area contributed by atoms with Crippen LogP contribution in [-0.4, -0.2) is 60.1 Å². The molecule has 0 saturated carbocycles. The van der Waals surface area contributed by atoms with Crippen LogP contribution >= 0.6 is 0 Å². The first-order valence-corrected chi connectivity index (χ1v) is 7.11. The second-order valence-corrected chi connectivity index (χ2v) is 5.45. The SMILES string of the molecule is CC(CN)CN1CCN(C(=O)c2ccccc2O)CC1. The van der Waals surface area contributed by atoms with Gasteiger partial charge in [-0.05, 0) is 24.6 Å². The van der Waals surface area contributed by atoms with E-state index < -0.39 is 0 Å². The van der Waals surface area contributed by atoms with Gasteiger partial charge < -0.3 is 15.7 Å². The highest BCUT2D eigenvalue weighted by Crippen LogP contribution is 2.18. The van der Waals surface area contributed by atoms with Crippen molar-refractivity contribution in [2.24, 2.45) is 11.7 Å². The van der Waals surface area contributed by atoms with E-state index in [-0.39, 0.29) is 11.7 Å². The third-order valence-electron chi connectivity index (χ3n) is 3.77. The molecule has 1 aromatic carbocycles. The van der Waals surface area contributed by atoms with Crippen LogP contribution in [0.25, 0.3) is 0 Å². The second kappa shape index (κ2) is 6.72. The largest absolute Gasteiger partial charge is 0.507 e. The molecule has 20 heavy (non-hydrogen) atoms. The normalized spacial score (nSPS) is 18.0. The Morgan fingerprint density at radius 3 is 2.55 bits per heavy atom. The van der Waals surface area contributed by atoms with Crippen LogP contribution in [0.5, 0.6) is 5.75 Å². The van der Waals surface area contributed by atoms with Crippen molar-refractivity contribution >= 4 is 5.91 Å². The lowest BCUT2D eigenvalue weighted by Gasteiger charge is -2.35. The maximum atomic E-state index is 12.3. The molecule has 0 bridgehead atoms. The van der Waals surface area contributed by atoms with Gasteiger partial charge in [0.15, 0.2) is 0 Å². The van der Waals surface area contributed by atoms with Crippen molar-refractivity contribution in [3.05, 3.63) is 29.8 Å². The number of benzene rings is 1. The highest BCUT2D eigenvalue weighted by Gasteiger charge is 2.24. The number of nitrogens with zero attached hydrogens (tertiary/aromatic N) is 2. The molecule has 3 N–H and O–H groups in total. The number of aromatic hydroxyl groups is 1. The standard InChI is InChI=1S/C15H23N3O2/c1-12(10-16)11-17-6-8-18(9-7-17)15(20)13-4-2-3-5-14(13)19/h2-5,12,19H,6-11,16H2,1H3. The Bertz CT molecular complexity index is 456. The highest BCUT2D eigenvalue weighted by atomic mass is 16.3.